The second-order valence-corrected chi connectivity index (χ2v) is 11.8. The van der Waals surface area contributed by atoms with E-state index in [0.717, 1.165) is 47.3 Å². The molecule has 0 heterocycles. The summed E-state index contributed by atoms with van der Waals surface area (Å²) in [6.45, 7) is 4.38. The molecule has 4 fully saturated rings. The highest BCUT2D eigenvalue weighted by molar-refractivity contribution is 4.93. The average Bonchev–Trinajstić information content (AvgIpc) is 2.81. The molecule has 0 aromatic heterocycles. The lowest BCUT2D eigenvalue weighted by atomic mass is 9.63. The fourth-order valence-electron chi connectivity index (χ4n) is 8.34. The largest absolute Gasteiger partial charge is 0.0914 e. The molecule has 0 N–H and O–H groups in total. The lowest BCUT2D eigenvalue weighted by Crippen LogP contribution is -2.31. The standard InChI is InChI=1S/C30H50/c1-3-5-23-7-11-25(12-8-23)27-15-19-29(20-16-27)30-21-17-28(18-22-30)26-13-9-24(6-4-2)10-14-26/h3-6,23-30H,7-22H2,1-2H3/b5-3+,6-4+. The van der Waals surface area contributed by atoms with E-state index in [1.54, 1.807) is 51.4 Å². The molecule has 0 radical (unpaired) electrons. The smallest absolute Gasteiger partial charge is 0.0233 e. The summed E-state index contributed by atoms with van der Waals surface area (Å²) in [5.74, 6) is 8.28. The molecule has 0 atom stereocenters. The van der Waals surface area contributed by atoms with Gasteiger partial charge in [-0.25, -0.2) is 0 Å². The van der Waals surface area contributed by atoms with Crippen molar-refractivity contribution >= 4 is 0 Å². The first-order valence-corrected chi connectivity index (χ1v) is 14.0. The molecular weight excluding hydrogens is 360 g/mol. The number of hydrogen-bond donors (Lipinski definition) is 0. The van der Waals surface area contributed by atoms with Crippen molar-refractivity contribution in [1.82, 2.24) is 0 Å². The number of rotatable bonds is 5. The Morgan fingerprint density at radius 1 is 0.333 bits per heavy atom. The van der Waals surface area contributed by atoms with Gasteiger partial charge in [-0.2, -0.15) is 0 Å². The van der Waals surface area contributed by atoms with E-state index in [1.807, 2.05) is 0 Å². The Hall–Kier alpha value is -0.520. The lowest BCUT2D eigenvalue weighted by molar-refractivity contribution is 0.0898. The summed E-state index contributed by atoms with van der Waals surface area (Å²) in [6, 6.07) is 0. The highest BCUT2D eigenvalue weighted by Gasteiger charge is 2.36. The minimum absolute atomic E-state index is 0.899. The molecule has 4 aliphatic carbocycles. The maximum atomic E-state index is 2.47. The first kappa shape index (κ1) is 22.7. The van der Waals surface area contributed by atoms with Gasteiger partial charge in [0.2, 0.25) is 0 Å². The summed E-state index contributed by atoms with van der Waals surface area (Å²) in [6.07, 6.45) is 34.0. The molecule has 0 amide bonds. The van der Waals surface area contributed by atoms with Gasteiger partial charge in [0.05, 0.1) is 0 Å². The van der Waals surface area contributed by atoms with Gasteiger partial charge in [-0.1, -0.05) is 24.3 Å². The minimum Gasteiger partial charge on any atom is -0.0914 e. The molecular formula is C30H50. The lowest BCUT2D eigenvalue weighted by Gasteiger charge is -2.43. The van der Waals surface area contributed by atoms with Gasteiger partial charge in [0, 0.05) is 0 Å². The molecule has 0 heteroatoms. The van der Waals surface area contributed by atoms with Crippen LogP contribution in [0.3, 0.4) is 0 Å². The second-order valence-electron chi connectivity index (χ2n) is 11.8. The van der Waals surface area contributed by atoms with Crippen LogP contribution in [-0.2, 0) is 0 Å². The maximum Gasteiger partial charge on any atom is -0.0233 e. The molecule has 4 saturated carbocycles. The van der Waals surface area contributed by atoms with Crippen LogP contribution in [0.1, 0.15) is 117 Å². The third kappa shape index (κ3) is 5.83. The van der Waals surface area contributed by atoms with Crippen LogP contribution in [0.5, 0.6) is 0 Å². The van der Waals surface area contributed by atoms with Crippen molar-refractivity contribution in [2.24, 2.45) is 47.3 Å². The Morgan fingerprint density at radius 2 is 0.533 bits per heavy atom. The van der Waals surface area contributed by atoms with Crippen LogP contribution in [0, 0.1) is 47.3 Å². The monoisotopic (exact) mass is 410 g/mol. The topological polar surface area (TPSA) is 0 Å². The van der Waals surface area contributed by atoms with Crippen molar-refractivity contribution in [3.05, 3.63) is 24.3 Å². The Bertz CT molecular complexity index is 474. The molecule has 30 heavy (non-hydrogen) atoms. The molecule has 0 aromatic carbocycles. The van der Waals surface area contributed by atoms with Gasteiger partial charge in [-0.3, -0.25) is 0 Å². The second kappa shape index (κ2) is 11.4. The SMILES string of the molecule is C/C=C/C1CCC(C2CCC(C3CCC(C4CCC(/C=C/C)CC4)CC3)CC2)CC1. The summed E-state index contributed by atoms with van der Waals surface area (Å²) in [5.41, 5.74) is 0. The summed E-state index contributed by atoms with van der Waals surface area (Å²) < 4.78 is 0. The predicted molar refractivity (Wildman–Crippen MR) is 131 cm³/mol. The van der Waals surface area contributed by atoms with Gasteiger partial charge in [0.15, 0.2) is 0 Å². The minimum atomic E-state index is 0.899. The third-order valence-corrected chi connectivity index (χ3v) is 10.2. The normalized spacial score (nSPS) is 43.9. The van der Waals surface area contributed by atoms with Crippen LogP contribution in [0.15, 0.2) is 24.3 Å². The van der Waals surface area contributed by atoms with Gasteiger partial charge in [-0.15, -0.1) is 0 Å². The first-order valence-electron chi connectivity index (χ1n) is 14.0. The van der Waals surface area contributed by atoms with Gasteiger partial charge < -0.3 is 0 Å². The van der Waals surface area contributed by atoms with Gasteiger partial charge in [0.25, 0.3) is 0 Å². The average molecular weight is 411 g/mol. The number of hydrogen-bond acceptors (Lipinski definition) is 0. The van der Waals surface area contributed by atoms with E-state index in [0.29, 0.717) is 0 Å². The van der Waals surface area contributed by atoms with Crippen LogP contribution < -0.4 is 0 Å². The molecule has 0 nitrogen and oxygen atoms in total. The maximum absolute atomic E-state index is 2.47. The zero-order valence-corrected chi connectivity index (χ0v) is 20.2. The summed E-state index contributed by atoms with van der Waals surface area (Å²) in [4.78, 5) is 0. The molecule has 170 valence electrons. The molecule has 4 aliphatic rings. The van der Waals surface area contributed by atoms with E-state index in [-0.39, 0.29) is 0 Å². The molecule has 0 aliphatic heterocycles. The van der Waals surface area contributed by atoms with Crippen molar-refractivity contribution < 1.29 is 0 Å². The molecule has 0 saturated heterocycles. The molecule has 0 spiro atoms. The first-order chi connectivity index (χ1) is 14.8. The summed E-state index contributed by atoms with van der Waals surface area (Å²) >= 11 is 0. The highest BCUT2D eigenvalue weighted by Crippen LogP contribution is 2.48. The van der Waals surface area contributed by atoms with Crippen molar-refractivity contribution in [3.8, 4) is 0 Å². The molecule has 0 unspecified atom stereocenters. The van der Waals surface area contributed by atoms with E-state index in [1.165, 1.54) is 51.4 Å². The Morgan fingerprint density at radius 3 is 0.733 bits per heavy atom. The van der Waals surface area contributed by atoms with Gasteiger partial charge in [-0.05, 0) is 164 Å². The quantitative estimate of drug-likeness (QED) is 0.396. The van der Waals surface area contributed by atoms with Crippen LogP contribution in [0.25, 0.3) is 0 Å². The van der Waals surface area contributed by atoms with Crippen molar-refractivity contribution in [1.29, 1.82) is 0 Å². The van der Waals surface area contributed by atoms with E-state index in [4.69, 9.17) is 0 Å². The zero-order chi connectivity index (χ0) is 20.8. The van der Waals surface area contributed by atoms with Crippen LogP contribution in [-0.4, -0.2) is 0 Å². The van der Waals surface area contributed by atoms with Crippen LogP contribution in [0.4, 0.5) is 0 Å². The van der Waals surface area contributed by atoms with E-state index < -0.39 is 0 Å². The highest BCUT2D eigenvalue weighted by atomic mass is 14.4. The fraction of sp³-hybridized carbons (Fsp3) is 0.867. The zero-order valence-electron chi connectivity index (χ0n) is 20.2. The van der Waals surface area contributed by atoms with Gasteiger partial charge in [0.1, 0.15) is 0 Å². The Labute approximate surface area is 188 Å². The van der Waals surface area contributed by atoms with Crippen molar-refractivity contribution in [2.75, 3.05) is 0 Å². The third-order valence-electron chi connectivity index (χ3n) is 10.2. The van der Waals surface area contributed by atoms with Crippen molar-refractivity contribution in [3.63, 3.8) is 0 Å². The Kier molecular flexibility index (Phi) is 8.60. The fourth-order valence-corrected chi connectivity index (χ4v) is 8.34. The van der Waals surface area contributed by atoms with E-state index in [9.17, 15) is 0 Å². The summed E-state index contributed by atoms with van der Waals surface area (Å²) in [7, 11) is 0. The van der Waals surface area contributed by atoms with E-state index in [2.05, 4.69) is 38.2 Å². The summed E-state index contributed by atoms with van der Waals surface area (Å²) in [5, 5.41) is 0. The van der Waals surface area contributed by atoms with Crippen LogP contribution in [0.2, 0.25) is 0 Å². The van der Waals surface area contributed by atoms with Crippen LogP contribution >= 0.6 is 0 Å². The molecule has 4 rings (SSSR count). The van der Waals surface area contributed by atoms with Crippen molar-refractivity contribution in [2.45, 2.75) is 117 Å². The molecule has 0 bridgehead atoms. The van der Waals surface area contributed by atoms with E-state index >= 15 is 0 Å². The van der Waals surface area contributed by atoms with Gasteiger partial charge >= 0.3 is 0 Å². The molecule has 0 aromatic rings. The predicted octanol–water partition coefficient (Wildman–Crippen LogP) is 9.36. The number of allylic oxidation sites excluding steroid dienone is 4. The Balaban J connectivity index is 1.15.